The van der Waals surface area contributed by atoms with Crippen LogP contribution in [0, 0.1) is 0 Å². The average molecular weight is 859 g/mol. The van der Waals surface area contributed by atoms with Crippen LogP contribution >= 0.6 is 12.7 Å². The van der Waals surface area contributed by atoms with Crippen molar-refractivity contribution in [1.82, 2.24) is 14.4 Å². The van der Waals surface area contributed by atoms with E-state index in [1.807, 2.05) is 66.7 Å². The summed E-state index contributed by atoms with van der Waals surface area (Å²) in [5, 5.41) is 10.6. The van der Waals surface area contributed by atoms with Crippen LogP contribution in [0.15, 0.2) is 212 Å². The van der Waals surface area contributed by atoms with Gasteiger partial charge in [-0.3, -0.25) is 0 Å². The van der Waals surface area contributed by atoms with Gasteiger partial charge in [-0.1, -0.05) is 60.7 Å². The van der Waals surface area contributed by atoms with Gasteiger partial charge in [0, 0.05) is 22.1 Å². The maximum absolute atomic E-state index is 15.1. The van der Waals surface area contributed by atoms with Crippen LogP contribution in [0.1, 0.15) is 0 Å². The third kappa shape index (κ3) is 5.81. The second-order valence-corrected chi connectivity index (χ2v) is 23.9. The van der Waals surface area contributed by atoms with Gasteiger partial charge >= 0.3 is 251 Å². The quantitative estimate of drug-likeness (QED) is 0.0912. The Labute approximate surface area is 349 Å². The molecule has 280 valence electrons. The first kappa shape index (κ1) is 35.9. The van der Waals surface area contributed by atoms with Crippen LogP contribution in [0.5, 0.6) is 0 Å². The Morgan fingerprint density at radius 1 is 0.424 bits per heavy atom. The molecule has 4 nitrogen and oxygen atoms in total. The first-order valence-corrected chi connectivity index (χ1v) is 25.3. The molecule has 3 heterocycles. The van der Waals surface area contributed by atoms with Crippen molar-refractivity contribution in [3.8, 4) is 11.1 Å². The van der Waals surface area contributed by atoms with Crippen molar-refractivity contribution >= 4 is 109 Å². The molecule has 8 aromatic carbocycles. The van der Waals surface area contributed by atoms with Gasteiger partial charge in [-0.2, -0.15) is 0 Å². The second-order valence-electron chi connectivity index (χ2n) is 14.9. The SMILES string of the molecule is O=P(c1ccccc1)(c1ccccc1)c1cnc2cc(-c3ccc4nc5c6ccccc6c6ccc(P(=[Se])(c7ccccc7)c7ccccc7)cc6n5c4c3)ccc2c1. The van der Waals surface area contributed by atoms with Crippen molar-refractivity contribution < 1.29 is 4.57 Å². The number of benzene rings is 8. The minimum Gasteiger partial charge on any atom is -0.0399 e. The van der Waals surface area contributed by atoms with Crippen LogP contribution in [0.3, 0.4) is 0 Å². The smallest absolute Gasteiger partial charge is 0.0399 e. The third-order valence-electron chi connectivity index (χ3n) is 11.5. The summed E-state index contributed by atoms with van der Waals surface area (Å²) in [7, 11) is -3.15. The Morgan fingerprint density at radius 2 is 0.983 bits per heavy atom. The Morgan fingerprint density at radius 3 is 1.63 bits per heavy atom. The van der Waals surface area contributed by atoms with Gasteiger partial charge in [-0.15, -0.1) is 0 Å². The number of fused-ring (bicyclic) bond motifs is 9. The van der Waals surface area contributed by atoms with E-state index in [4.69, 9.17) is 9.97 Å². The van der Waals surface area contributed by atoms with Crippen molar-refractivity contribution in [1.29, 1.82) is 0 Å². The fourth-order valence-corrected chi connectivity index (χ4v) is 16.2. The van der Waals surface area contributed by atoms with E-state index in [1.54, 1.807) is 6.20 Å². The topological polar surface area (TPSA) is 47.3 Å². The van der Waals surface area contributed by atoms with Crippen molar-refractivity contribution in [2.45, 2.75) is 0 Å². The zero-order chi connectivity index (χ0) is 39.6. The molecule has 59 heavy (non-hydrogen) atoms. The molecule has 0 unspecified atom stereocenters. The molecular formula is C52H35N3OP2Se. The van der Waals surface area contributed by atoms with E-state index < -0.39 is 12.7 Å². The van der Waals surface area contributed by atoms with Crippen LogP contribution in [0.4, 0.5) is 0 Å². The van der Waals surface area contributed by atoms with E-state index in [-0.39, 0.29) is 0 Å². The maximum atomic E-state index is 15.1. The fourth-order valence-electron chi connectivity index (χ4n) is 8.63. The van der Waals surface area contributed by atoms with E-state index in [2.05, 4.69) is 159 Å². The Balaban J connectivity index is 1.09. The molecule has 11 rings (SSSR count). The molecular weight excluding hydrogens is 823 g/mol. The van der Waals surface area contributed by atoms with Gasteiger partial charge in [-0.05, 0) is 6.07 Å². The van der Waals surface area contributed by atoms with Crippen LogP contribution in [-0.4, -0.2) is 29.5 Å². The molecule has 0 spiro atoms. The van der Waals surface area contributed by atoms with Crippen molar-refractivity contribution in [2.75, 3.05) is 0 Å². The molecule has 0 aliphatic rings. The van der Waals surface area contributed by atoms with E-state index in [0.717, 1.165) is 65.5 Å². The van der Waals surface area contributed by atoms with Crippen molar-refractivity contribution in [2.24, 2.45) is 0 Å². The van der Waals surface area contributed by atoms with Gasteiger partial charge in [-0.25, -0.2) is 0 Å². The second kappa shape index (κ2) is 14.3. The fraction of sp³-hybridized carbons (Fsp3) is 0. The number of rotatable bonds is 7. The van der Waals surface area contributed by atoms with Crippen LogP contribution in [0.2, 0.25) is 0 Å². The van der Waals surface area contributed by atoms with Crippen LogP contribution < -0.4 is 31.8 Å². The molecule has 3 aromatic heterocycles. The number of hydrogen-bond donors (Lipinski definition) is 0. The van der Waals surface area contributed by atoms with E-state index in [1.165, 1.54) is 26.7 Å². The zero-order valence-electron chi connectivity index (χ0n) is 31.8. The molecule has 0 saturated heterocycles. The van der Waals surface area contributed by atoms with Gasteiger partial charge in [0.1, 0.15) is 0 Å². The summed E-state index contributed by atoms with van der Waals surface area (Å²) >= 11 is 3.76. The zero-order valence-corrected chi connectivity index (χ0v) is 35.3. The van der Waals surface area contributed by atoms with Crippen LogP contribution in [-0.2, 0) is 4.57 Å². The molecule has 7 heteroatoms. The molecule has 0 bridgehead atoms. The van der Waals surface area contributed by atoms with Crippen molar-refractivity contribution in [3.05, 3.63) is 212 Å². The molecule has 0 radical (unpaired) electrons. The minimum atomic E-state index is -3.15. The Bertz CT molecular complexity index is 3410. The molecule has 0 aliphatic heterocycles. The van der Waals surface area contributed by atoms with Gasteiger partial charge in [0.2, 0.25) is 0 Å². The molecule has 0 amide bonds. The summed E-state index contributed by atoms with van der Waals surface area (Å²) in [4.78, 5) is 10.2. The molecule has 0 N–H and O–H groups in total. The van der Waals surface area contributed by atoms with E-state index in [0.29, 0.717) is 0 Å². The summed E-state index contributed by atoms with van der Waals surface area (Å²) in [6, 6.07) is 71.9. The van der Waals surface area contributed by atoms with E-state index in [9.17, 15) is 0 Å². The van der Waals surface area contributed by atoms with Gasteiger partial charge in [0.25, 0.3) is 0 Å². The predicted molar refractivity (Wildman–Crippen MR) is 252 cm³/mol. The van der Waals surface area contributed by atoms with Gasteiger partial charge in [0.15, 0.2) is 7.14 Å². The summed E-state index contributed by atoms with van der Waals surface area (Å²) in [5.41, 5.74) is 4.89. The minimum absolute atomic E-state index is 0.719. The van der Waals surface area contributed by atoms with Crippen molar-refractivity contribution in [3.63, 3.8) is 0 Å². The molecule has 0 atom stereocenters. The van der Waals surface area contributed by atoms with Crippen LogP contribution in [0.25, 0.3) is 60.4 Å². The molecule has 11 aromatic rings. The summed E-state index contributed by atoms with van der Waals surface area (Å²) in [5.74, 6) is 0. The van der Waals surface area contributed by atoms with Gasteiger partial charge < -0.3 is 4.57 Å². The molecule has 0 saturated carbocycles. The average Bonchev–Trinajstić information content (AvgIpc) is 3.71. The van der Waals surface area contributed by atoms with Gasteiger partial charge in [0.05, 0.1) is 0 Å². The molecule has 0 fully saturated rings. The monoisotopic (exact) mass is 859 g/mol. The predicted octanol–water partition coefficient (Wildman–Crippen LogP) is 10.0. The number of nitrogens with zero attached hydrogens (tertiary/aromatic N) is 3. The first-order valence-electron chi connectivity index (χ1n) is 19.6. The molecule has 0 aliphatic carbocycles. The first-order chi connectivity index (χ1) is 29.0. The summed E-state index contributed by atoms with van der Waals surface area (Å²) in [6.07, 6.45) is 1.80. The summed E-state index contributed by atoms with van der Waals surface area (Å²) in [6.45, 7) is 0. The van der Waals surface area contributed by atoms with E-state index >= 15 is 4.57 Å². The number of pyridine rings is 2. The number of aromatic nitrogens is 3. The summed E-state index contributed by atoms with van der Waals surface area (Å²) < 4.78 is 17.5. The normalized spacial score (nSPS) is 12.2. The number of hydrogen-bond acceptors (Lipinski definition) is 3. The third-order valence-corrected chi connectivity index (χ3v) is 21.6. The number of imidazole rings is 1. The Kier molecular flexibility index (Phi) is 8.70. The standard InChI is InChI=1S/C52H35N3OP2Se/c56-57(39-15-5-1-6-16-39,40-17-7-2-8-18-40)44-31-38-26-25-36(32-49(38)53-35-44)37-27-30-48-51(33-37)55-50-34-43(28-29-46(50)45-23-13-14-24-47(45)52(55)54-48)58(59,41-19-9-3-10-20-41)42-21-11-4-12-22-42/h1-35H. The Hall–Kier alpha value is -6.18.